The van der Waals surface area contributed by atoms with Gasteiger partial charge in [-0.15, -0.1) is 12.4 Å². The van der Waals surface area contributed by atoms with Crippen molar-refractivity contribution in [2.75, 3.05) is 11.9 Å². The topological polar surface area (TPSA) is 106 Å². The fourth-order valence-corrected chi connectivity index (χ4v) is 3.24. The van der Waals surface area contributed by atoms with Gasteiger partial charge in [0.2, 0.25) is 5.91 Å². The highest BCUT2D eigenvalue weighted by Gasteiger charge is 2.62. The number of hydrogen-bond acceptors (Lipinski definition) is 5. The second-order valence-corrected chi connectivity index (χ2v) is 7.12. The van der Waals surface area contributed by atoms with Gasteiger partial charge in [0.15, 0.2) is 5.82 Å². The van der Waals surface area contributed by atoms with Crippen LogP contribution in [0.4, 0.5) is 5.69 Å². The number of nitrogens with two attached hydrogens (primary N) is 1. The fraction of sp³-hybridized carbons (Fsp3) is 0.500. The van der Waals surface area contributed by atoms with Gasteiger partial charge in [0.05, 0.1) is 6.10 Å². The summed E-state index contributed by atoms with van der Waals surface area (Å²) in [5.41, 5.74) is 6.62. The number of anilines is 1. The molecule has 1 aromatic heterocycles. The number of aromatic nitrogens is 3. The highest BCUT2D eigenvalue weighted by atomic mass is 35.5. The minimum absolute atomic E-state index is 0. The Morgan fingerprint density at radius 2 is 2.04 bits per heavy atom. The van der Waals surface area contributed by atoms with Crippen LogP contribution in [0.15, 0.2) is 24.3 Å². The lowest BCUT2D eigenvalue weighted by molar-refractivity contribution is -0.166. The van der Waals surface area contributed by atoms with E-state index in [9.17, 15) is 4.79 Å². The van der Waals surface area contributed by atoms with Gasteiger partial charge in [0, 0.05) is 29.7 Å². The summed E-state index contributed by atoms with van der Waals surface area (Å²) in [7, 11) is 0. The number of aromatic amines is 1. The lowest BCUT2D eigenvalue weighted by atomic mass is 9.54. The second-order valence-electron chi connectivity index (χ2n) is 7.12. The van der Waals surface area contributed by atoms with Gasteiger partial charge in [-0.3, -0.25) is 9.89 Å². The highest BCUT2D eigenvalue weighted by molar-refractivity contribution is 5.99. The molecule has 7 nitrogen and oxygen atoms in total. The quantitative estimate of drug-likeness (QED) is 0.740. The van der Waals surface area contributed by atoms with Crippen LogP contribution in [0.2, 0.25) is 0 Å². The van der Waals surface area contributed by atoms with Gasteiger partial charge in [0.25, 0.3) is 0 Å². The van der Waals surface area contributed by atoms with Gasteiger partial charge in [0.1, 0.15) is 11.4 Å². The molecule has 3 rings (SSSR count). The number of nitrogens with one attached hydrogen (secondary N) is 2. The van der Waals surface area contributed by atoms with Crippen LogP contribution in [0.25, 0.3) is 11.4 Å². The van der Waals surface area contributed by atoms with Crippen molar-refractivity contribution in [2.45, 2.75) is 45.8 Å². The van der Waals surface area contributed by atoms with Gasteiger partial charge >= 0.3 is 0 Å². The van der Waals surface area contributed by atoms with Crippen LogP contribution in [0.1, 0.15) is 33.0 Å². The van der Waals surface area contributed by atoms with Gasteiger partial charge < -0.3 is 15.8 Å². The lowest BCUT2D eigenvalue weighted by Crippen LogP contribution is -2.74. The summed E-state index contributed by atoms with van der Waals surface area (Å²) in [6, 6.07) is 7.40. The van der Waals surface area contributed by atoms with Crippen molar-refractivity contribution in [1.82, 2.24) is 15.2 Å². The molecule has 0 bridgehead atoms. The monoisotopic (exact) mass is 379 g/mol. The van der Waals surface area contributed by atoms with Crippen LogP contribution in [-0.4, -0.2) is 39.3 Å². The summed E-state index contributed by atoms with van der Waals surface area (Å²) in [6.07, 6.45) is 0.526. The van der Waals surface area contributed by atoms with Crippen molar-refractivity contribution in [1.29, 1.82) is 0 Å². The zero-order chi connectivity index (χ0) is 18.2. The number of amides is 1. The Morgan fingerprint density at radius 3 is 2.54 bits per heavy atom. The number of ether oxygens (including phenoxy) is 1. The molecular formula is C18H26ClN5O2. The molecule has 1 amide bonds. The van der Waals surface area contributed by atoms with Crippen LogP contribution < -0.4 is 11.1 Å². The lowest BCUT2D eigenvalue weighted by Gasteiger charge is -2.57. The molecule has 1 aromatic carbocycles. The van der Waals surface area contributed by atoms with E-state index >= 15 is 0 Å². The molecule has 1 saturated carbocycles. The molecule has 0 spiro atoms. The maximum absolute atomic E-state index is 12.7. The van der Waals surface area contributed by atoms with Gasteiger partial charge in [-0.05, 0) is 38.1 Å². The highest BCUT2D eigenvalue weighted by Crippen LogP contribution is 2.50. The van der Waals surface area contributed by atoms with Crippen molar-refractivity contribution in [3.63, 3.8) is 0 Å². The number of halogens is 1. The number of H-pyrrole nitrogens is 1. The molecule has 1 aliphatic carbocycles. The first-order valence-corrected chi connectivity index (χ1v) is 8.49. The van der Waals surface area contributed by atoms with Gasteiger partial charge in [-0.2, -0.15) is 5.10 Å². The maximum atomic E-state index is 12.7. The number of benzene rings is 1. The second kappa shape index (κ2) is 7.34. The minimum Gasteiger partial charge on any atom is -0.378 e. The first-order chi connectivity index (χ1) is 11.8. The summed E-state index contributed by atoms with van der Waals surface area (Å²) < 4.78 is 5.68. The van der Waals surface area contributed by atoms with E-state index in [2.05, 4.69) is 20.5 Å². The summed E-state index contributed by atoms with van der Waals surface area (Å²) in [5.74, 6) is 1.20. The van der Waals surface area contributed by atoms with Crippen LogP contribution in [0, 0.1) is 12.3 Å². The summed E-state index contributed by atoms with van der Waals surface area (Å²) in [5, 5.41) is 9.86. The standard InChI is InChI=1S/C18H25N5O2.ClH/c1-5-25-14-10-18(19,17(14,3)4)16(24)21-13-8-6-12(7-9-13)15-20-11(2)22-23-15;/h6-9,14H,5,10,19H2,1-4H3,(H,21,24)(H,20,22,23);1H. The Morgan fingerprint density at radius 1 is 1.38 bits per heavy atom. The number of aryl methyl sites for hydroxylation is 1. The molecule has 0 radical (unpaired) electrons. The molecule has 2 atom stereocenters. The predicted molar refractivity (Wildman–Crippen MR) is 103 cm³/mol. The number of carbonyl (C=O) groups is 1. The average Bonchev–Trinajstić information content (AvgIpc) is 3.01. The zero-order valence-electron chi connectivity index (χ0n) is 15.5. The summed E-state index contributed by atoms with van der Waals surface area (Å²) in [6.45, 7) is 8.37. The molecule has 1 heterocycles. The molecule has 8 heteroatoms. The Hall–Kier alpha value is -1.96. The first-order valence-electron chi connectivity index (χ1n) is 8.49. The molecule has 2 unspecified atom stereocenters. The van der Waals surface area contributed by atoms with E-state index in [1.165, 1.54) is 0 Å². The molecule has 0 saturated heterocycles. The van der Waals surface area contributed by atoms with Crippen LogP contribution in [-0.2, 0) is 9.53 Å². The third-order valence-electron chi connectivity index (χ3n) is 5.23. The van der Waals surface area contributed by atoms with Crippen molar-refractivity contribution >= 4 is 24.0 Å². The molecule has 1 aliphatic rings. The molecular weight excluding hydrogens is 354 g/mol. The number of nitrogens with zero attached hydrogens (tertiary/aromatic N) is 2. The fourth-order valence-electron chi connectivity index (χ4n) is 3.24. The molecule has 1 fully saturated rings. The van der Waals surface area contributed by atoms with Gasteiger partial charge in [-0.1, -0.05) is 13.8 Å². The Balaban J connectivity index is 0.00000243. The number of hydrogen-bond donors (Lipinski definition) is 3. The van der Waals surface area contributed by atoms with E-state index in [4.69, 9.17) is 10.5 Å². The molecule has 142 valence electrons. The van der Waals surface area contributed by atoms with Crippen LogP contribution >= 0.6 is 12.4 Å². The Bertz CT molecular complexity index is 774. The molecule has 26 heavy (non-hydrogen) atoms. The zero-order valence-corrected chi connectivity index (χ0v) is 16.3. The first kappa shape index (κ1) is 20.4. The minimum atomic E-state index is -0.938. The van der Waals surface area contributed by atoms with E-state index in [1.54, 1.807) is 0 Å². The largest absolute Gasteiger partial charge is 0.378 e. The summed E-state index contributed by atoms with van der Waals surface area (Å²) >= 11 is 0. The Kier molecular flexibility index (Phi) is 5.75. The van der Waals surface area contributed by atoms with E-state index in [0.29, 0.717) is 24.5 Å². The smallest absolute Gasteiger partial charge is 0.245 e. The SMILES string of the molecule is CCOC1CC(N)(C(=O)Nc2ccc(-c3n[nH]c(C)n3)cc2)C1(C)C.Cl. The third-order valence-corrected chi connectivity index (χ3v) is 5.23. The normalized spacial score (nSPS) is 23.7. The van der Waals surface area contributed by atoms with E-state index < -0.39 is 11.0 Å². The number of rotatable bonds is 5. The summed E-state index contributed by atoms with van der Waals surface area (Å²) in [4.78, 5) is 17.0. The van der Waals surface area contributed by atoms with Crippen molar-refractivity contribution in [2.24, 2.45) is 11.1 Å². The predicted octanol–water partition coefficient (Wildman–Crippen LogP) is 2.67. The van der Waals surface area contributed by atoms with Crippen molar-refractivity contribution in [3.8, 4) is 11.4 Å². The van der Waals surface area contributed by atoms with Crippen molar-refractivity contribution in [3.05, 3.63) is 30.1 Å². The van der Waals surface area contributed by atoms with E-state index in [-0.39, 0.29) is 24.4 Å². The molecule has 0 aliphatic heterocycles. The average molecular weight is 380 g/mol. The van der Waals surface area contributed by atoms with Gasteiger partial charge in [-0.25, -0.2) is 4.98 Å². The van der Waals surface area contributed by atoms with Crippen LogP contribution in [0.3, 0.4) is 0 Å². The Labute approximate surface area is 159 Å². The van der Waals surface area contributed by atoms with Crippen molar-refractivity contribution < 1.29 is 9.53 Å². The van der Waals surface area contributed by atoms with Crippen LogP contribution in [0.5, 0.6) is 0 Å². The molecule has 2 aromatic rings. The maximum Gasteiger partial charge on any atom is 0.245 e. The number of carbonyl (C=O) groups excluding carboxylic acids is 1. The third kappa shape index (κ3) is 3.34. The van der Waals surface area contributed by atoms with E-state index in [0.717, 1.165) is 11.4 Å². The van der Waals surface area contributed by atoms with E-state index in [1.807, 2.05) is 52.0 Å². The molecule has 4 N–H and O–H groups in total.